The first-order valence-electron chi connectivity index (χ1n) is 7.91. The van der Waals surface area contributed by atoms with Crippen LogP contribution in [0.4, 0.5) is 0 Å². The molecule has 1 aromatic heterocycles. The van der Waals surface area contributed by atoms with Crippen LogP contribution in [0.2, 0.25) is 0 Å². The van der Waals surface area contributed by atoms with Crippen molar-refractivity contribution >= 4 is 16.7 Å². The molecule has 0 saturated heterocycles. The zero-order valence-corrected chi connectivity index (χ0v) is 14.1. The number of hydrogen-bond donors (Lipinski definition) is 0. The number of ketones is 1. The average Bonchev–Trinajstić information content (AvgIpc) is 2.59. The Labute approximate surface area is 141 Å². The van der Waals surface area contributed by atoms with E-state index < -0.39 is 0 Å². The van der Waals surface area contributed by atoms with Gasteiger partial charge in [0.15, 0.2) is 12.4 Å². The average molecular weight is 320 g/mol. The van der Waals surface area contributed by atoms with Crippen LogP contribution in [0.3, 0.4) is 0 Å². The number of nitrogens with zero attached hydrogens (tertiary/aromatic N) is 2. The smallest absolute Gasteiger partial charge is 0.224 e. The van der Waals surface area contributed by atoms with Crippen LogP contribution in [0.25, 0.3) is 10.9 Å². The first-order chi connectivity index (χ1) is 11.4. The Hall–Kier alpha value is -2.75. The fourth-order valence-electron chi connectivity index (χ4n) is 2.47. The largest absolute Gasteiger partial charge is 0.469 e. The standard InChI is InChI=1S/C20H20N2O2/c1-20(2,3)15-10-8-14(9-11-15)18(23)12-24-19-16-6-4-5-7-17(16)21-13-22-19/h4-11,13H,12H2,1-3H3. The number of ether oxygens (including phenoxy) is 1. The number of benzene rings is 2. The van der Waals surface area contributed by atoms with Crippen LogP contribution < -0.4 is 4.74 Å². The van der Waals surface area contributed by atoms with Crippen molar-refractivity contribution in [3.05, 3.63) is 66.0 Å². The van der Waals surface area contributed by atoms with Gasteiger partial charge in [-0.15, -0.1) is 0 Å². The number of carbonyl (C=O) groups is 1. The number of para-hydroxylation sites is 1. The highest BCUT2D eigenvalue weighted by Crippen LogP contribution is 2.23. The molecule has 0 unspecified atom stereocenters. The van der Waals surface area contributed by atoms with Gasteiger partial charge in [0.1, 0.15) is 6.33 Å². The SMILES string of the molecule is CC(C)(C)c1ccc(C(=O)COc2ncnc3ccccc23)cc1. The number of Topliss-reactive ketones (excluding diaryl/α,β-unsaturated/α-hetero) is 1. The Bertz CT molecular complexity index is 859. The molecule has 0 bridgehead atoms. The molecular weight excluding hydrogens is 300 g/mol. The van der Waals surface area contributed by atoms with Crippen LogP contribution in [-0.2, 0) is 5.41 Å². The molecular formula is C20H20N2O2. The van der Waals surface area contributed by atoms with Crippen molar-refractivity contribution in [2.75, 3.05) is 6.61 Å². The minimum Gasteiger partial charge on any atom is -0.469 e. The maximum absolute atomic E-state index is 12.3. The number of rotatable bonds is 4. The predicted octanol–water partition coefficient (Wildman–Crippen LogP) is 4.19. The minimum absolute atomic E-state index is 0.0458. The second kappa shape index (κ2) is 6.40. The van der Waals surface area contributed by atoms with E-state index >= 15 is 0 Å². The van der Waals surface area contributed by atoms with Crippen LogP contribution >= 0.6 is 0 Å². The van der Waals surface area contributed by atoms with Crippen molar-refractivity contribution in [3.8, 4) is 5.88 Å². The molecule has 2 aromatic carbocycles. The Kier molecular flexibility index (Phi) is 4.30. The summed E-state index contributed by atoms with van der Waals surface area (Å²) in [6.07, 6.45) is 1.44. The van der Waals surface area contributed by atoms with Crippen LogP contribution in [0, 0.1) is 0 Å². The highest BCUT2D eigenvalue weighted by atomic mass is 16.5. The summed E-state index contributed by atoms with van der Waals surface area (Å²) in [5.74, 6) is 0.360. The van der Waals surface area contributed by atoms with Crippen LogP contribution in [0.1, 0.15) is 36.7 Å². The van der Waals surface area contributed by atoms with Crippen LogP contribution in [0.15, 0.2) is 54.9 Å². The van der Waals surface area contributed by atoms with Crippen molar-refractivity contribution in [3.63, 3.8) is 0 Å². The zero-order chi connectivity index (χ0) is 17.2. The van der Waals surface area contributed by atoms with Gasteiger partial charge in [-0.25, -0.2) is 9.97 Å². The van der Waals surface area contributed by atoms with E-state index in [0.717, 1.165) is 10.9 Å². The molecule has 0 aliphatic rings. The van der Waals surface area contributed by atoms with Gasteiger partial charge in [0, 0.05) is 5.56 Å². The van der Waals surface area contributed by atoms with E-state index in [1.54, 1.807) is 0 Å². The highest BCUT2D eigenvalue weighted by Gasteiger charge is 2.15. The first kappa shape index (κ1) is 16.1. The molecule has 0 spiro atoms. The van der Waals surface area contributed by atoms with Gasteiger partial charge in [-0.1, -0.05) is 57.2 Å². The molecule has 0 atom stereocenters. The maximum Gasteiger partial charge on any atom is 0.224 e. The summed E-state index contributed by atoms with van der Waals surface area (Å²) in [6.45, 7) is 6.39. The third-order valence-corrected chi connectivity index (χ3v) is 3.92. The number of carbonyl (C=O) groups excluding carboxylic acids is 1. The number of hydrogen-bond acceptors (Lipinski definition) is 4. The second-order valence-corrected chi connectivity index (χ2v) is 6.74. The van der Waals surface area contributed by atoms with Gasteiger partial charge in [-0.05, 0) is 23.1 Å². The lowest BCUT2D eigenvalue weighted by atomic mass is 9.86. The van der Waals surface area contributed by atoms with Gasteiger partial charge in [-0.3, -0.25) is 4.79 Å². The van der Waals surface area contributed by atoms with E-state index in [2.05, 4.69) is 30.7 Å². The lowest BCUT2D eigenvalue weighted by Crippen LogP contribution is -2.14. The van der Waals surface area contributed by atoms with Gasteiger partial charge in [-0.2, -0.15) is 0 Å². The van der Waals surface area contributed by atoms with Crippen LogP contribution in [-0.4, -0.2) is 22.4 Å². The van der Waals surface area contributed by atoms with Gasteiger partial charge in [0.05, 0.1) is 10.9 Å². The van der Waals surface area contributed by atoms with Gasteiger partial charge >= 0.3 is 0 Å². The minimum atomic E-state index is -0.0712. The molecule has 0 fully saturated rings. The normalized spacial score (nSPS) is 11.5. The molecule has 0 N–H and O–H groups in total. The lowest BCUT2D eigenvalue weighted by molar-refractivity contribution is 0.0919. The summed E-state index contributed by atoms with van der Waals surface area (Å²) in [5.41, 5.74) is 2.70. The predicted molar refractivity (Wildman–Crippen MR) is 94.5 cm³/mol. The lowest BCUT2D eigenvalue weighted by Gasteiger charge is -2.19. The third-order valence-electron chi connectivity index (χ3n) is 3.92. The molecule has 3 aromatic rings. The van der Waals surface area contributed by atoms with Crippen molar-refractivity contribution in [2.45, 2.75) is 26.2 Å². The zero-order valence-electron chi connectivity index (χ0n) is 14.1. The molecule has 4 heteroatoms. The quantitative estimate of drug-likeness (QED) is 0.676. The fraction of sp³-hybridized carbons (Fsp3) is 0.250. The van der Waals surface area contributed by atoms with E-state index in [4.69, 9.17) is 4.74 Å². The Morgan fingerprint density at radius 2 is 1.71 bits per heavy atom. The summed E-state index contributed by atoms with van der Waals surface area (Å²) >= 11 is 0. The molecule has 24 heavy (non-hydrogen) atoms. The molecule has 0 radical (unpaired) electrons. The molecule has 0 amide bonds. The molecule has 0 aliphatic heterocycles. The summed E-state index contributed by atoms with van der Waals surface area (Å²) in [4.78, 5) is 20.7. The topological polar surface area (TPSA) is 52.1 Å². The number of fused-ring (bicyclic) bond motifs is 1. The van der Waals surface area contributed by atoms with Crippen molar-refractivity contribution in [2.24, 2.45) is 0 Å². The van der Waals surface area contributed by atoms with Crippen molar-refractivity contribution in [1.82, 2.24) is 9.97 Å². The van der Waals surface area contributed by atoms with Crippen LogP contribution in [0.5, 0.6) is 5.88 Å². The van der Waals surface area contributed by atoms with Gasteiger partial charge in [0.25, 0.3) is 0 Å². The Balaban J connectivity index is 1.73. The first-order valence-corrected chi connectivity index (χ1v) is 7.91. The van der Waals surface area contributed by atoms with E-state index in [9.17, 15) is 4.79 Å². The molecule has 4 nitrogen and oxygen atoms in total. The molecule has 0 saturated carbocycles. The summed E-state index contributed by atoms with van der Waals surface area (Å²) in [6, 6.07) is 15.3. The Morgan fingerprint density at radius 3 is 2.42 bits per heavy atom. The fourth-order valence-corrected chi connectivity index (χ4v) is 2.47. The molecule has 0 aliphatic carbocycles. The second-order valence-electron chi connectivity index (χ2n) is 6.74. The van der Waals surface area contributed by atoms with E-state index in [0.29, 0.717) is 11.4 Å². The van der Waals surface area contributed by atoms with E-state index in [1.165, 1.54) is 11.9 Å². The maximum atomic E-state index is 12.3. The molecule has 3 rings (SSSR count). The number of aromatic nitrogens is 2. The third kappa shape index (κ3) is 3.43. The Morgan fingerprint density at radius 1 is 1.00 bits per heavy atom. The van der Waals surface area contributed by atoms with E-state index in [1.807, 2.05) is 48.5 Å². The van der Waals surface area contributed by atoms with Gasteiger partial charge < -0.3 is 4.74 Å². The van der Waals surface area contributed by atoms with E-state index in [-0.39, 0.29) is 17.8 Å². The van der Waals surface area contributed by atoms with Crippen molar-refractivity contribution < 1.29 is 9.53 Å². The van der Waals surface area contributed by atoms with Crippen molar-refractivity contribution in [1.29, 1.82) is 0 Å². The monoisotopic (exact) mass is 320 g/mol. The molecule has 1 heterocycles. The summed E-state index contributed by atoms with van der Waals surface area (Å²) in [5, 5.41) is 0.802. The summed E-state index contributed by atoms with van der Waals surface area (Å²) < 4.78 is 5.63. The summed E-state index contributed by atoms with van der Waals surface area (Å²) in [7, 11) is 0. The highest BCUT2D eigenvalue weighted by molar-refractivity contribution is 5.97. The van der Waals surface area contributed by atoms with Gasteiger partial charge in [0.2, 0.25) is 5.88 Å². The molecule has 122 valence electrons.